The van der Waals surface area contributed by atoms with Crippen molar-refractivity contribution in [2.45, 2.75) is 31.7 Å². The Morgan fingerprint density at radius 3 is 2.95 bits per heavy atom. The minimum atomic E-state index is -0.0514. The van der Waals surface area contributed by atoms with E-state index in [1.54, 1.807) is 22.4 Å². The van der Waals surface area contributed by atoms with Crippen LogP contribution in [0.15, 0.2) is 18.5 Å². The molecule has 0 saturated carbocycles. The first-order valence-electron chi connectivity index (χ1n) is 7.33. The fourth-order valence-electron chi connectivity index (χ4n) is 2.86. The molecule has 2 aromatic heterocycles. The number of fused-ring (bicyclic) bond motifs is 1. The maximum atomic E-state index is 12.2. The van der Waals surface area contributed by atoms with Gasteiger partial charge in [-0.3, -0.25) is 10.00 Å². The Bertz CT molecular complexity index is 621. The van der Waals surface area contributed by atoms with Crippen LogP contribution in [0.3, 0.4) is 0 Å². The SMILES string of the molecule is O=C(Nc1nc2c(s1)CCCC2)N1CC(n2cccn2)C1. The first kappa shape index (κ1) is 12.8. The number of rotatable bonds is 2. The number of nitrogens with zero attached hydrogens (tertiary/aromatic N) is 4. The summed E-state index contributed by atoms with van der Waals surface area (Å²) in [7, 11) is 0. The van der Waals surface area contributed by atoms with E-state index in [1.165, 1.54) is 23.4 Å². The van der Waals surface area contributed by atoms with Crippen LogP contribution in [0.1, 0.15) is 29.5 Å². The first-order valence-corrected chi connectivity index (χ1v) is 8.15. The number of carbonyl (C=O) groups is 1. The Hall–Kier alpha value is -1.89. The van der Waals surface area contributed by atoms with E-state index in [-0.39, 0.29) is 6.03 Å². The molecule has 0 atom stereocenters. The summed E-state index contributed by atoms with van der Waals surface area (Å²) in [5, 5.41) is 7.88. The minimum Gasteiger partial charge on any atom is -0.320 e. The number of thiazole rings is 1. The summed E-state index contributed by atoms with van der Waals surface area (Å²) in [6, 6.07) is 2.16. The zero-order chi connectivity index (χ0) is 14.2. The van der Waals surface area contributed by atoms with Crippen molar-refractivity contribution in [2.24, 2.45) is 0 Å². The molecule has 2 amide bonds. The van der Waals surface area contributed by atoms with Crippen LogP contribution in [-0.4, -0.2) is 38.8 Å². The third kappa shape index (κ3) is 2.42. The van der Waals surface area contributed by atoms with E-state index in [9.17, 15) is 4.79 Å². The van der Waals surface area contributed by atoms with Crippen molar-refractivity contribution in [3.05, 3.63) is 29.0 Å². The molecule has 0 bridgehead atoms. The highest BCUT2D eigenvalue weighted by Gasteiger charge is 2.32. The molecule has 3 heterocycles. The number of anilines is 1. The third-order valence-corrected chi connectivity index (χ3v) is 5.18. The van der Waals surface area contributed by atoms with Crippen molar-refractivity contribution in [1.29, 1.82) is 0 Å². The lowest BCUT2D eigenvalue weighted by Gasteiger charge is -2.38. The Balaban J connectivity index is 1.35. The van der Waals surface area contributed by atoms with Gasteiger partial charge in [0.05, 0.1) is 11.7 Å². The van der Waals surface area contributed by atoms with Gasteiger partial charge >= 0.3 is 6.03 Å². The van der Waals surface area contributed by atoms with E-state index in [1.807, 2.05) is 16.9 Å². The average molecular weight is 303 g/mol. The molecule has 1 aliphatic carbocycles. The molecular weight excluding hydrogens is 286 g/mol. The monoisotopic (exact) mass is 303 g/mol. The van der Waals surface area contributed by atoms with Gasteiger partial charge in [0.2, 0.25) is 0 Å². The number of hydrogen-bond acceptors (Lipinski definition) is 4. The maximum absolute atomic E-state index is 12.2. The molecule has 6 nitrogen and oxygen atoms in total. The number of urea groups is 1. The lowest BCUT2D eigenvalue weighted by atomic mass is 10.0. The summed E-state index contributed by atoms with van der Waals surface area (Å²) in [6.07, 6.45) is 8.31. The standard InChI is InChI=1S/C14H17N5OS/c20-14(18-8-10(9-18)19-7-3-6-15-19)17-13-16-11-4-1-2-5-12(11)21-13/h3,6-7,10H,1-2,4-5,8-9H2,(H,16,17,20). The molecule has 1 N–H and O–H groups in total. The van der Waals surface area contributed by atoms with Crippen molar-refractivity contribution in [1.82, 2.24) is 19.7 Å². The zero-order valence-corrected chi connectivity index (χ0v) is 12.5. The van der Waals surface area contributed by atoms with Crippen molar-refractivity contribution >= 4 is 22.5 Å². The number of aromatic nitrogens is 3. The van der Waals surface area contributed by atoms with Gasteiger partial charge in [0.15, 0.2) is 5.13 Å². The van der Waals surface area contributed by atoms with Gasteiger partial charge in [-0.2, -0.15) is 5.10 Å². The van der Waals surface area contributed by atoms with Gasteiger partial charge in [-0.1, -0.05) is 0 Å². The molecule has 110 valence electrons. The highest BCUT2D eigenvalue weighted by molar-refractivity contribution is 7.15. The van der Waals surface area contributed by atoms with Crippen molar-refractivity contribution < 1.29 is 4.79 Å². The fraction of sp³-hybridized carbons (Fsp3) is 0.500. The van der Waals surface area contributed by atoms with Crippen LogP contribution in [0.5, 0.6) is 0 Å². The predicted molar refractivity (Wildman–Crippen MR) is 80.6 cm³/mol. The second-order valence-electron chi connectivity index (χ2n) is 5.57. The largest absolute Gasteiger partial charge is 0.323 e. The lowest BCUT2D eigenvalue weighted by Crippen LogP contribution is -2.52. The fourth-order valence-corrected chi connectivity index (χ4v) is 3.90. The quantitative estimate of drug-likeness (QED) is 0.926. The third-order valence-electron chi connectivity index (χ3n) is 4.11. The van der Waals surface area contributed by atoms with E-state index in [0.717, 1.165) is 18.0 Å². The van der Waals surface area contributed by atoms with Gasteiger partial charge < -0.3 is 4.90 Å². The summed E-state index contributed by atoms with van der Waals surface area (Å²) in [5.74, 6) is 0. The molecule has 1 saturated heterocycles. The highest BCUT2D eigenvalue weighted by Crippen LogP contribution is 2.30. The van der Waals surface area contributed by atoms with Gasteiger partial charge in [0, 0.05) is 30.4 Å². The van der Waals surface area contributed by atoms with E-state index in [0.29, 0.717) is 19.1 Å². The van der Waals surface area contributed by atoms with Crippen LogP contribution in [0.4, 0.5) is 9.93 Å². The summed E-state index contributed by atoms with van der Waals surface area (Å²) in [5.41, 5.74) is 1.18. The molecule has 21 heavy (non-hydrogen) atoms. The minimum absolute atomic E-state index is 0.0514. The van der Waals surface area contributed by atoms with Crippen LogP contribution in [0.2, 0.25) is 0 Å². The normalized spacial score (nSPS) is 18.2. The van der Waals surface area contributed by atoms with Crippen LogP contribution in [0, 0.1) is 0 Å². The van der Waals surface area contributed by atoms with Crippen LogP contribution < -0.4 is 5.32 Å². The molecule has 0 unspecified atom stereocenters. The van der Waals surface area contributed by atoms with Crippen molar-refractivity contribution in [2.75, 3.05) is 18.4 Å². The summed E-state index contributed by atoms with van der Waals surface area (Å²) in [4.78, 5) is 19.9. The smallest absolute Gasteiger partial charge is 0.320 e. The van der Waals surface area contributed by atoms with Gasteiger partial charge in [0.25, 0.3) is 0 Å². The Kier molecular flexibility index (Phi) is 3.14. The number of aryl methyl sites for hydroxylation is 2. The molecule has 0 aromatic carbocycles. The van der Waals surface area contributed by atoms with E-state index in [2.05, 4.69) is 15.4 Å². The van der Waals surface area contributed by atoms with E-state index < -0.39 is 0 Å². The summed E-state index contributed by atoms with van der Waals surface area (Å²) in [6.45, 7) is 1.41. The molecule has 2 aliphatic rings. The molecule has 0 radical (unpaired) electrons. The van der Waals surface area contributed by atoms with Gasteiger partial charge in [-0.25, -0.2) is 9.78 Å². The summed E-state index contributed by atoms with van der Waals surface area (Å²) < 4.78 is 1.91. The molecular formula is C14H17N5OS. The number of likely N-dealkylation sites (tertiary alicyclic amines) is 1. The van der Waals surface area contributed by atoms with Gasteiger partial charge in [0.1, 0.15) is 0 Å². The van der Waals surface area contributed by atoms with Gasteiger partial charge in [-0.15, -0.1) is 11.3 Å². The van der Waals surface area contributed by atoms with E-state index >= 15 is 0 Å². The first-order chi connectivity index (χ1) is 10.3. The Morgan fingerprint density at radius 1 is 1.33 bits per heavy atom. The Labute approximate surface area is 126 Å². The maximum Gasteiger partial charge on any atom is 0.323 e. The van der Waals surface area contributed by atoms with Crippen LogP contribution >= 0.6 is 11.3 Å². The number of hydrogen-bond donors (Lipinski definition) is 1. The second-order valence-corrected chi connectivity index (χ2v) is 6.65. The molecule has 4 rings (SSSR count). The molecule has 2 aromatic rings. The Morgan fingerprint density at radius 2 is 2.19 bits per heavy atom. The second kappa shape index (κ2) is 5.14. The predicted octanol–water partition coefficient (Wildman–Crippen LogP) is 2.31. The van der Waals surface area contributed by atoms with E-state index in [4.69, 9.17) is 0 Å². The van der Waals surface area contributed by atoms with Crippen molar-refractivity contribution in [3.63, 3.8) is 0 Å². The highest BCUT2D eigenvalue weighted by atomic mass is 32.1. The topological polar surface area (TPSA) is 63.1 Å². The van der Waals surface area contributed by atoms with Crippen LogP contribution in [0.25, 0.3) is 0 Å². The molecule has 1 aliphatic heterocycles. The molecule has 0 spiro atoms. The number of carbonyl (C=O) groups excluding carboxylic acids is 1. The van der Waals surface area contributed by atoms with Crippen molar-refractivity contribution in [3.8, 4) is 0 Å². The number of nitrogens with one attached hydrogen (secondary N) is 1. The van der Waals surface area contributed by atoms with Crippen LogP contribution in [-0.2, 0) is 12.8 Å². The average Bonchev–Trinajstić information content (AvgIpc) is 3.05. The molecule has 1 fully saturated rings. The molecule has 7 heteroatoms. The lowest BCUT2D eigenvalue weighted by molar-refractivity contribution is 0.128. The van der Waals surface area contributed by atoms with Gasteiger partial charge in [-0.05, 0) is 31.7 Å². The number of amides is 2. The summed E-state index contributed by atoms with van der Waals surface area (Å²) >= 11 is 1.63. The zero-order valence-electron chi connectivity index (χ0n) is 11.7.